The molecule has 363 valence electrons. The number of carbonyl (C=O) groups excluding carboxylic acids is 3. The average Bonchev–Trinajstić information content (AvgIpc) is 3.16. The Morgan fingerprint density at radius 3 is 1.34 bits per heavy atom. The predicted octanol–water partition coefficient (Wildman–Crippen LogP) is 2.48. The molecule has 8 rings (SSSR count). The average molecular weight is 1540 g/mol. The zero-order valence-corrected chi connectivity index (χ0v) is 53.8. The van der Waals surface area contributed by atoms with Gasteiger partial charge >= 0.3 is 53.5 Å². The van der Waals surface area contributed by atoms with Crippen LogP contribution in [0.15, 0.2) is 22.3 Å². The first-order valence-corrected chi connectivity index (χ1v) is 33.5. The maximum atomic E-state index is 14.1. The van der Waals surface area contributed by atoms with Crippen LogP contribution in [-0.2, 0) is 28.6 Å². The first-order valence-electron chi connectivity index (χ1n) is 21.7. The summed E-state index contributed by atoms with van der Waals surface area (Å²) in [5.74, 6) is -4.81. The summed E-state index contributed by atoms with van der Waals surface area (Å²) < 4.78 is 16.6. The molecule has 4 saturated carbocycles. The Balaban J connectivity index is 0.000000257. The number of aliphatic hydroxyl groups is 9. The normalized spacial score (nSPS) is 48.7. The van der Waals surface area contributed by atoms with Gasteiger partial charge in [0.1, 0.15) is 17.3 Å². The van der Waals surface area contributed by atoms with Gasteiger partial charge in [0.05, 0.1) is 71.9 Å². The van der Waals surface area contributed by atoms with Gasteiger partial charge in [-0.25, -0.2) is 0 Å². The van der Waals surface area contributed by atoms with Gasteiger partial charge in [-0.1, -0.05) is 41.5 Å². The van der Waals surface area contributed by atoms with Gasteiger partial charge in [0, 0.05) is 143 Å². The number of Topliss-reactive ketones (excluding diaryl/α,β-unsaturated/α-hetero) is 2. The summed E-state index contributed by atoms with van der Waals surface area (Å²) in [6.45, 7) is 18.3. The van der Waals surface area contributed by atoms with Crippen LogP contribution in [0.3, 0.4) is 0 Å². The molecule has 2 aliphatic heterocycles. The van der Waals surface area contributed by atoms with Crippen LogP contribution in [0.25, 0.3) is 0 Å². The van der Waals surface area contributed by atoms with Crippen LogP contribution >= 0.6 is 16.9 Å². The number of rotatable bonds is 1. The molecule has 9 N–H and O–H groups in total. The topological polar surface area (TPSA) is 261 Å². The fraction of sp³-hybridized carbons (Fsp3) is 0.841. The van der Waals surface area contributed by atoms with E-state index >= 15 is 0 Å². The van der Waals surface area contributed by atoms with Crippen molar-refractivity contribution in [1.82, 2.24) is 0 Å². The zero-order valence-electron chi connectivity index (χ0n) is 38.9. The van der Waals surface area contributed by atoms with E-state index in [0.29, 0.717) is 22.3 Å². The van der Waals surface area contributed by atoms with Crippen molar-refractivity contribution in [3.05, 3.63) is 22.3 Å². The quantitative estimate of drug-likeness (QED) is 0.135. The number of esters is 1. The van der Waals surface area contributed by atoms with Gasteiger partial charge in [-0.2, -0.15) is 0 Å². The second-order valence-electron chi connectivity index (χ2n) is 21.2. The molecule has 15 nitrogen and oxygen atoms in total. The maximum absolute atomic E-state index is 14.1. The van der Waals surface area contributed by atoms with Crippen molar-refractivity contribution in [2.24, 2.45) is 45.3 Å². The minimum absolute atomic E-state index is 0. The van der Waals surface area contributed by atoms with E-state index in [4.69, 9.17) is 31.1 Å². The van der Waals surface area contributed by atoms with Crippen LogP contribution in [-0.4, -0.2) is 148 Å². The molecule has 2 heterocycles. The molecule has 2 radical (unpaired) electrons. The predicted molar refractivity (Wildman–Crippen MR) is 225 cm³/mol. The molecule has 0 spiro atoms. The van der Waals surface area contributed by atoms with Gasteiger partial charge in [-0.05, 0) is 61.8 Å². The van der Waals surface area contributed by atoms with Crippen molar-refractivity contribution in [3.8, 4) is 0 Å². The van der Waals surface area contributed by atoms with Crippen molar-refractivity contribution in [2.45, 2.75) is 173 Å². The summed E-state index contributed by atoms with van der Waals surface area (Å²) in [4.78, 5) is 39.8. The monoisotopic (exact) mass is 1530 g/mol. The second-order valence-corrected chi connectivity index (χ2v) is 35.1. The van der Waals surface area contributed by atoms with Crippen molar-refractivity contribution in [1.29, 1.82) is 0 Å². The third-order valence-corrected chi connectivity index (χ3v) is 18.0. The Hall–Kier alpha value is 2.98. The molecular weight excluding hydrogens is 1470 g/mol. The summed E-state index contributed by atoms with van der Waals surface area (Å²) in [6, 6.07) is 0. The van der Waals surface area contributed by atoms with Crippen LogP contribution in [0.5, 0.6) is 0 Å². The Labute approximate surface area is 474 Å². The van der Waals surface area contributed by atoms with Gasteiger partial charge in [0.25, 0.3) is 0 Å². The number of halogens is 3. The number of hydrogen-bond donors (Lipinski definition) is 9. The molecule has 18 atom stereocenters. The fourth-order valence-corrected chi connectivity index (χ4v) is 14.2. The van der Waals surface area contributed by atoms with E-state index in [2.05, 4.69) is 0 Å². The van der Waals surface area contributed by atoms with E-state index in [1.807, 2.05) is 0 Å². The summed E-state index contributed by atoms with van der Waals surface area (Å²) in [5.41, 5.74) is 5.86. The van der Waals surface area contributed by atoms with E-state index in [9.17, 15) is 60.3 Å². The molecular formula is C44H66Ac2CeCl3O15. The molecule has 0 aromatic heterocycles. The summed E-state index contributed by atoms with van der Waals surface area (Å²) >= 11 is -2.24. The standard InChI is InChI=1S/C23H34O8.C21H32O7.2Ac.Ce.3ClH/c1-10-13(25)8-23(29)11(2)18-21(6,14(26)7-15-22(18,28)9-30-15)19(27)17(31-12(3)24)16(10)20(23,4)5;1-9-11(22)7-21(27)10(2)16-19(5,12(23)6-13-20(16,26)8-28-13)17(25)15(24)14(9)18(21,3)4;;;;;;/h11,13-15,17-18,25-26,28-29H,7-9H2,1-6H3;10-13,15-16,22-24,26-27H,6-8H2,1-5H3;;;;3*1H/q;;;;+3;;;/p-3/t11-,13-,14-,15+,17+,18?,21+,22-,23+;10-,11-,12-,13+,15+,16?,19+,20-,21+;;;;;;/m00....../s1. The number of carbonyl (C=O) groups is 3. The van der Waals surface area contributed by atoms with Crippen molar-refractivity contribution in [3.63, 3.8) is 0 Å². The van der Waals surface area contributed by atoms with Crippen LogP contribution in [0.1, 0.15) is 102 Å². The molecule has 4 bridgehead atoms. The van der Waals surface area contributed by atoms with E-state index in [-0.39, 0.29) is 127 Å². The number of hydrogen-bond acceptors (Lipinski definition) is 15. The van der Waals surface area contributed by atoms with Gasteiger partial charge in [-0.15, -0.1) is 0 Å². The fourth-order valence-electron chi connectivity index (χ4n) is 14.2. The number of fused-ring (bicyclic) bond motifs is 10. The van der Waals surface area contributed by atoms with Crippen molar-refractivity contribution in [2.75, 3.05) is 13.2 Å². The summed E-state index contributed by atoms with van der Waals surface area (Å²) in [5, 5.41) is 102. The van der Waals surface area contributed by atoms with Crippen LogP contribution in [0, 0.1) is 164 Å². The van der Waals surface area contributed by atoms with E-state index < -0.39 is 165 Å². The van der Waals surface area contributed by atoms with Gasteiger partial charge in [0.15, 0.2) is 17.7 Å². The number of ether oxygens (including phenoxy) is 3. The molecule has 2 saturated heterocycles. The van der Waals surface area contributed by atoms with Crippen LogP contribution in [0.2, 0.25) is 0 Å². The molecule has 0 amide bonds. The molecule has 0 aromatic rings. The Morgan fingerprint density at radius 2 is 1.00 bits per heavy atom. The molecule has 21 heteroatoms. The van der Waals surface area contributed by atoms with Crippen molar-refractivity contribution < 1.29 is 193 Å². The first-order chi connectivity index (χ1) is 28.6. The zero-order chi connectivity index (χ0) is 47.9. The van der Waals surface area contributed by atoms with E-state index in [0.717, 1.165) is 0 Å². The number of ketones is 2. The van der Waals surface area contributed by atoms with E-state index in [1.54, 1.807) is 69.2 Å². The number of aliphatic hydroxyl groups excluding tert-OH is 5. The molecule has 8 aliphatic rings. The van der Waals surface area contributed by atoms with Gasteiger partial charge in [0.2, 0.25) is 0 Å². The molecule has 65 heavy (non-hydrogen) atoms. The van der Waals surface area contributed by atoms with Crippen molar-refractivity contribution >= 4 is 34.4 Å². The molecule has 2 unspecified atom stereocenters. The van der Waals surface area contributed by atoms with Crippen LogP contribution in [0.4, 0.5) is 0 Å². The third kappa shape index (κ3) is 8.83. The van der Waals surface area contributed by atoms with Gasteiger partial charge in [-0.3, -0.25) is 14.4 Å². The van der Waals surface area contributed by atoms with E-state index in [1.165, 1.54) is 6.92 Å². The second kappa shape index (κ2) is 20.3. The summed E-state index contributed by atoms with van der Waals surface area (Å²) in [7, 11) is 0. The SMILES string of the molecule is CC(=O)O[C@H]1C(=O)[C@@]2(C)C([C@H](C)[C@]3(O)C[C@H](O)C(C)=C1C3(C)C)[C@]1(O)CO[C@@H]1C[C@@H]2O.CC1=C2[C@@H](O)C(=O)[C@@]3(C)C([C@H](C)[C@](O)(C[C@@H]1O)C2(C)C)[C@]1(O)CO[C@@H]1C[C@@H]3O.[Ac].[Ac].[Cl][Ce]([Cl])[Cl]. The minimum atomic E-state index is -2.24. The molecule has 6 fully saturated rings. The molecule has 0 aromatic carbocycles. The Kier molecular flexibility index (Phi) is 18.9. The molecule has 6 aliphatic carbocycles. The first kappa shape index (κ1) is 60.5. The van der Waals surface area contributed by atoms with Gasteiger partial charge < -0.3 is 60.2 Å². The Morgan fingerprint density at radius 1 is 0.662 bits per heavy atom. The van der Waals surface area contributed by atoms with Crippen LogP contribution < -0.4 is 0 Å². The third-order valence-electron chi connectivity index (χ3n) is 18.0. The summed E-state index contributed by atoms with van der Waals surface area (Å²) in [6.07, 6.45) is -8.36. The Bertz CT molecular complexity index is 1970.